The number of amides is 1. The molecule has 1 amide bonds. The van der Waals surface area contributed by atoms with Gasteiger partial charge in [-0.1, -0.05) is 36.4 Å². The molecule has 7 heteroatoms. The Morgan fingerprint density at radius 2 is 1.69 bits per heavy atom. The predicted octanol–water partition coefficient (Wildman–Crippen LogP) is 1.59. The van der Waals surface area contributed by atoms with Crippen LogP contribution in [0.2, 0.25) is 0 Å². The zero-order valence-corrected chi connectivity index (χ0v) is 14.8. The van der Waals surface area contributed by atoms with Gasteiger partial charge in [-0.25, -0.2) is 8.42 Å². The molecule has 0 saturated carbocycles. The number of hydrogen-bond acceptors (Lipinski definition) is 5. The van der Waals surface area contributed by atoms with Gasteiger partial charge in [0.1, 0.15) is 11.5 Å². The van der Waals surface area contributed by atoms with E-state index in [0.717, 1.165) is 11.1 Å². The van der Waals surface area contributed by atoms with Crippen LogP contribution in [0.3, 0.4) is 0 Å². The summed E-state index contributed by atoms with van der Waals surface area (Å²) in [6, 6.07) is 14.7. The Kier molecular flexibility index (Phi) is 4.00. The minimum atomic E-state index is -3.25. The van der Waals surface area contributed by atoms with Crippen LogP contribution in [0.15, 0.2) is 48.5 Å². The molecule has 2 heterocycles. The van der Waals surface area contributed by atoms with Gasteiger partial charge in [0, 0.05) is 17.7 Å². The quantitative estimate of drug-likeness (QED) is 0.852. The number of ether oxygens (including phenoxy) is 1. The number of nitrogens with one attached hydrogen (secondary N) is 1. The van der Waals surface area contributed by atoms with Crippen molar-refractivity contribution >= 4 is 15.7 Å². The van der Waals surface area contributed by atoms with E-state index in [4.69, 9.17) is 4.74 Å². The van der Waals surface area contributed by atoms with Gasteiger partial charge in [-0.15, -0.1) is 0 Å². The summed E-state index contributed by atoms with van der Waals surface area (Å²) in [4.78, 5) is 13.0. The van der Waals surface area contributed by atoms with Crippen LogP contribution in [0.1, 0.15) is 23.5 Å². The number of fused-ring (bicyclic) bond motifs is 2. The Balaban J connectivity index is 1.60. The minimum Gasteiger partial charge on any atom is -0.457 e. The lowest BCUT2D eigenvalue weighted by Crippen LogP contribution is -2.45. The first kappa shape index (κ1) is 17.1. The molecule has 2 aromatic rings. The van der Waals surface area contributed by atoms with E-state index in [-0.39, 0.29) is 30.4 Å². The van der Waals surface area contributed by atoms with Gasteiger partial charge in [0.15, 0.2) is 9.84 Å². The van der Waals surface area contributed by atoms with Crippen LogP contribution >= 0.6 is 0 Å². The second kappa shape index (κ2) is 6.10. The largest absolute Gasteiger partial charge is 0.457 e. The van der Waals surface area contributed by atoms with E-state index in [1.165, 1.54) is 0 Å². The Morgan fingerprint density at radius 3 is 2.23 bits per heavy atom. The SMILES string of the molecule is O=C(NCC1(O)CCS(=O)(=O)C1)C1c2ccccc2Oc2ccccc21. The van der Waals surface area contributed by atoms with E-state index < -0.39 is 21.4 Å². The van der Waals surface area contributed by atoms with E-state index in [9.17, 15) is 18.3 Å². The highest BCUT2D eigenvalue weighted by Gasteiger charge is 2.41. The summed E-state index contributed by atoms with van der Waals surface area (Å²) in [5.41, 5.74) is 0.0862. The normalized spacial score (nSPS) is 23.6. The Bertz CT molecular complexity index is 926. The molecule has 136 valence electrons. The molecule has 1 unspecified atom stereocenters. The molecular formula is C19H19NO5S. The highest BCUT2D eigenvalue weighted by Crippen LogP contribution is 2.43. The highest BCUT2D eigenvalue weighted by molar-refractivity contribution is 7.91. The Labute approximate surface area is 151 Å². The fourth-order valence-corrected chi connectivity index (χ4v) is 5.49. The second-order valence-corrected chi connectivity index (χ2v) is 9.08. The number of hydrogen-bond donors (Lipinski definition) is 2. The lowest BCUT2D eigenvalue weighted by Gasteiger charge is -2.29. The predicted molar refractivity (Wildman–Crippen MR) is 96.0 cm³/mol. The van der Waals surface area contributed by atoms with Crippen LogP contribution < -0.4 is 10.1 Å². The van der Waals surface area contributed by atoms with Gasteiger partial charge in [0.05, 0.1) is 23.0 Å². The molecule has 0 aliphatic carbocycles. The molecule has 1 saturated heterocycles. The number of rotatable bonds is 3. The molecule has 0 spiro atoms. The van der Waals surface area contributed by atoms with Crippen molar-refractivity contribution in [3.8, 4) is 11.5 Å². The van der Waals surface area contributed by atoms with Crippen molar-refractivity contribution < 1.29 is 23.1 Å². The molecule has 2 aromatic carbocycles. The van der Waals surface area contributed by atoms with E-state index in [1.54, 1.807) is 0 Å². The molecular weight excluding hydrogens is 354 g/mol. The van der Waals surface area contributed by atoms with Crippen molar-refractivity contribution in [2.75, 3.05) is 18.1 Å². The summed E-state index contributed by atoms with van der Waals surface area (Å²) >= 11 is 0. The maximum absolute atomic E-state index is 13.0. The molecule has 2 N–H and O–H groups in total. The van der Waals surface area contributed by atoms with Crippen LogP contribution in [-0.4, -0.2) is 43.1 Å². The second-order valence-electron chi connectivity index (χ2n) is 6.89. The van der Waals surface area contributed by atoms with Crippen molar-refractivity contribution in [2.24, 2.45) is 0 Å². The number of sulfone groups is 1. The summed E-state index contributed by atoms with van der Waals surface area (Å²) in [5, 5.41) is 13.2. The molecule has 2 aliphatic rings. The van der Waals surface area contributed by atoms with E-state index >= 15 is 0 Å². The molecule has 2 aliphatic heterocycles. The number of carbonyl (C=O) groups is 1. The third-order valence-corrected chi connectivity index (χ3v) is 6.70. The average Bonchev–Trinajstić information content (AvgIpc) is 2.91. The lowest BCUT2D eigenvalue weighted by molar-refractivity contribution is -0.122. The number of para-hydroxylation sites is 2. The standard InChI is InChI=1S/C19H19NO5S/c21-18(20-11-19(22)9-10-26(23,24)12-19)17-13-5-1-3-7-15(13)25-16-8-4-2-6-14(16)17/h1-8,17,22H,9-12H2,(H,20,21). The zero-order chi connectivity index (χ0) is 18.4. The van der Waals surface area contributed by atoms with Crippen molar-refractivity contribution in [3.05, 3.63) is 59.7 Å². The summed E-state index contributed by atoms with van der Waals surface area (Å²) in [7, 11) is -3.25. The molecule has 0 bridgehead atoms. The molecule has 0 radical (unpaired) electrons. The number of benzene rings is 2. The summed E-state index contributed by atoms with van der Waals surface area (Å²) < 4.78 is 29.1. The zero-order valence-electron chi connectivity index (χ0n) is 14.0. The number of carbonyl (C=O) groups excluding carboxylic acids is 1. The van der Waals surface area contributed by atoms with Crippen molar-refractivity contribution in [1.29, 1.82) is 0 Å². The van der Waals surface area contributed by atoms with E-state index in [0.29, 0.717) is 11.5 Å². The van der Waals surface area contributed by atoms with Crippen LogP contribution in [0.4, 0.5) is 0 Å². The number of aliphatic hydroxyl groups is 1. The van der Waals surface area contributed by atoms with Gasteiger partial charge < -0.3 is 15.2 Å². The van der Waals surface area contributed by atoms with E-state index in [2.05, 4.69) is 5.32 Å². The first-order valence-electron chi connectivity index (χ1n) is 8.43. The third-order valence-electron chi connectivity index (χ3n) is 4.90. The van der Waals surface area contributed by atoms with Gasteiger partial charge in [-0.2, -0.15) is 0 Å². The topological polar surface area (TPSA) is 92.7 Å². The summed E-state index contributed by atoms with van der Waals surface area (Å²) in [6.45, 7) is -0.0905. The maximum atomic E-state index is 13.0. The van der Waals surface area contributed by atoms with Gasteiger partial charge in [0.25, 0.3) is 0 Å². The minimum absolute atomic E-state index is 0.0533. The van der Waals surface area contributed by atoms with Gasteiger partial charge >= 0.3 is 0 Å². The van der Waals surface area contributed by atoms with Crippen LogP contribution in [0.5, 0.6) is 11.5 Å². The van der Waals surface area contributed by atoms with Gasteiger partial charge in [-0.3, -0.25) is 4.79 Å². The molecule has 4 rings (SSSR count). The van der Waals surface area contributed by atoms with E-state index in [1.807, 2.05) is 48.5 Å². The molecule has 26 heavy (non-hydrogen) atoms. The smallest absolute Gasteiger partial charge is 0.232 e. The van der Waals surface area contributed by atoms with Crippen molar-refractivity contribution in [3.63, 3.8) is 0 Å². The average molecular weight is 373 g/mol. The molecule has 1 fully saturated rings. The Hall–Kier alpha value is -2.38. The van der Waals surface area contributed by atoms with Crippen LogP contribution in [0, 0.1) is 0 Å². The fourth-order valence-electron chi connectivity index (χ4n) is 3.58. The molecule has 0 aromatic heterocycles. The van der Waals surface area contributed by atoms with Gasteiger partial charge in [0.2, 0.25) is 5.91 Å². The summed E-state index contributed by atoms with van der Waals surface area (Å²) in [5.74, 6) is 0.00878. The molecule has 1 atom stereocenters. The monoisotopic (exact) mass is 373 g/mol. The first-order chi connectivity index (χ1) is 12.4. The fraction of sp³-hybridized carbons (Fsp3) is 0.316. The Morgan fingerprint density at radius 1 is 1.12 bits per heavy atom. The maximum Gasteiger partial charge on any atom is 0.232 e. The van der Waals surface area contributed by atoms with Crippen LogP contribution in [-0.2, 0) is 14.6 Å². The van der Waals surface area contributed by atoms with Crippen LogP contribution in [0.25, 0.3) is 0 Å². The third kappa shape index (κ3) is 3.08. The van der Waals surface area contributed by atoms with Crippen molar-refractivity contribution in [2.45, 2.75) is 17.9 Å². The lowest BCUT2D eigenvalue weighted by atomic mass is 9.87. The van der Waals surface area contributed by atoms with Crippen molar-refractivity contribution in [1.82, 2.24) is 5.32 Å². The summed E-state index contributed by atoms with van der Waals surface area (Å²) in [6.07, 6.45) is 0.135. The first-order valence-corrected chi connectivity index (χ1v) is 10.3. The highest BCUT2D eigenvalue weighted by atomic mass is 32.2. The van der Waals surface area contributed by atoms with Gasteiger partial charge in [-0.05, 0) is 18.6 Å². The molecule has 6 nitrogen and oxygen atoms in total.